The van der Waals surface area contributed by atoms with Gasteiger partial charge in [-0.2, -0.15) is 0 Å². The van der Waals surface area contributed by atoms with Crippen LogP contribution in [0.5, 0.6) is 0 Å². The van der Waals surface area contributed by atoms with Gasteiger partial charge in [-0.05, 0) is 56.0 Å². The normalized spacial score (nSPS) is 13.8. The maximum Gasteiger partial charge on any atom is 0.338 e. The van der Waals surface area contributed by atoms with Gasteiger partial charge in [-0.1, -0.05) is 29.3 Å². The molecular formula is C20H19Cl2NO4. The summed E-state index contributed by atoms with van der Waals surface area (Å²) in [7, 11) is 0. The first-order valence-corrected chi connectivity index (χ1v) is 9.44. The highest BCUT2D eigenvalue weighted by molar-refractivity contribution is 6.42. The Morgan fingerprint density at radius 2 is 2.00 bits per heavy atom. The summed E-state index contributed by atoms with van der Waals surface area (Å²) in [6.07, 6.45) is 7.51. The van der Waals surface area contributed by atoms with Crippen molar-refractivity contribution in [3.05, 3.63) is 69.7 Å². The van der Waals surface area contributed by atoms with Crippen molar-refractivity contribution < 1.29 is 18.7 Å². The van der Waals surface area contributed by atoms with E-state index < -0.39 is 5.97 Å². The second-order valence-corrected chi connectivity index (χ2v) is 7.02. The maximum absolute atomic E-state index is 12.7. The Morgan fingerprint density at radius 1 is 1.15 bits per heavy atom. The van der Waals surface area contributed by atoms with E-state index in [4.69, 9.17) is 32.4 Å². The molecule has 1 aliphatic carbocycles. The van der Waals surface area contributed by atoms with E-state index in [0.29, 0.717) is 17.3 Å². The predicted molar refractivity (Wildman–Crippen MR) is 103 cm³/mol. The average Bonchev–Trinajstić information content (AvgIpc) is 3.20. The number of amides is 1. The number of hydrogen-bond donors (Lipinski definition) is 0. The van der Waals surface area contributed by atoms with Gasteiger partial charge in [0.1, 0.15) is 5.76 Å². The van der Waals surface area contributed by atoms with E-state index in [2.05, 4.69) is 6.08 Å². The fraction of sp³-hybridized carbons (Fsp3) is 0.300. The summed E-state index contributed by atoms with van der Waals surface area (Å²) in [6.45, 7) is -0.0564. The van der Waals surface area contributed by atoms with Crippen molar-refractivity contribution in [1.82, 2.24) is 4.90 Å². The smallest absolute Gasteiger partial charge is 0.338 e. The minimum atomic E-state index is -0.627. The van der Waals surface area contributed by atoms with Crippen LogP contribution in [0.1, 0.15) is 41.8 Å². The molecular weight excluding hydrogens is 389 g/mol. The Balaban J connectivity index is 1.67. The van der Waals surface area contributed by atoms with Gasteiger partial charge in [0, 0.05) is 5.70 Å². The minimum absolute atomic E-state index is 0.242. The molecule has 1 aliphatic rings. The first-order valence-electron chi connectivity index (χ1n) is 8.68. The summed E-state index contributed by atoms with van der Waals surface area (Å²) >= 11 is 11.8. The molecule has 1 amide bonds. The van der Waals surface area contributed by atoms with Crippen LogP contribution in [0.3, 0.4) is 0 Å². The number of halogens is 2. The van der Waals surface area contributed by atoms with E-state index in [-0.39, 0.29) is 23.1 Å². The number of furan rings is 1. The lowest BCUT2D eigenvalue weighted by Crippen LogP contribution is -2.34. The molecule has 0 saturated heterocycles. The fourth-order valence-electron chi connectivity index (χ4n) is 2.89. The fourth-order valence-corrected chi connectivity index (χ4v) is 3.18. The number of rotatable bonds is 6. The third kappa shape index (κ3) is 5.15. The molecule has 0 unspecified atom stereocenters. The molecule has 1 aromatic carbocycles. The van der Waals surface area contributed by atoms with E-state index in [1.807, 2.05) is 6.07 Å². The van der Waals surface area contributed by atoms with Crippen LogP contribution in [0.25, 0.3) is 0 Å². The third-order valence-corrected chi connectivity index (χ3v) is 5.03. The molecule has 0 radical (unpaired) electrons. The molecule has 0 saturated carbocycles. The lowest BCUT2D eigenvalue weighted by molar-refractivity contribution is -0.133. The van der Waals surface area contributed by atoms with Gasteiger partial charge in [-0.3, -0.25) is 4.79 Å². The second kappa shape index (κ2) is 9.11. The number of ether oxygens (including phenoxy) is 1. The van der Waals surface area contributed by atoms with Crippen molar-refractivity contribution >= 4 is 35.1 Å². The molecule has 2 aromatic rings. The van der Waals surface area contributed by atoms with E-state index in [0.717, 1.165) is 31.4 Å². The van der Waals surface area contributed by atoms with Crippen LogP contribution in [0.4, 0.5) is 0 Å². The van der Waals surface area contributed by atoms with Crippen LogP contribution in [-0.4, -0.2) is 23.4 Å². The van der Waals surface area contributed by atoms with Gasteiger partial charge in [0.05, 0.1) is 28.4 Å². The number of carbonyl (C=O) groups excluding carboxylic acids is 2. The summed E-state index contributed by atoms with van der Waals surface area (Å²) in [5.74, 6) is -0.254. The monoisotopic (exact) mass is 407 g/mol. The zero-order valence-electron chi connectivity index (χ0n) is 14.6. The molecule has 142 valence electrons. The molecule has 0 aliphatic heterocycles. The lowest BCUT2D eigenvalue weighted by Gasteiger charge is -2.26. The Kier molecular flexibility index (Phi) is 6.58. The Bertz CT molecular complexity index is 846. The SMILES string of the molecule is O=C(OCC(=O)N(Cc1ccco1)C1=CCCCC1)c1ccc(Cl)c(Cl)c1. The third-order valence-electron chi connectivity index (χ3n) is 4.29. The molecule has 0 spiro atoms. The molecule has 27 heavy (non-hydrogen) atoms. The van der Waals surface area contributed by atoms with Crippen molar-refractivity contribution in [3.63, 3.8) is 0 Å². The van der Waals surface area contributed by atoms with E-state index in [1.54, 1.807) is 17.2 Å². The molecule has 0 atom stereocenters. The quantitative estimate of drug-likeness (QED) is 0.615. The van der Waals surface area contributed by atoms with E-state index in [9.17, 15) is 9.59 Å². The highest BCUT2D eigenvalue weighted by Crippen LogP contribution is 2.24. The number of nitrogens with zero attached hydrogens (tertiary/aromatic N) is 1. The lowest BCUT2D eigenvalue weighted by atomic mass is 10.0. The maximum atomic E-state index is 12.7. The summed E-state index contributed by atoms with van der Waals surface area (Å²) in [6, 6.07) is 8.02. The van der Waals surface area contributed by atoms with Crippen LogP contribution in [0.2, 0.25) is 10.0 Å². The summed E-state index contributed by atoms with van der Waals surface area (Å²) < 4.78 is 10.6. The van der Waals surface area contributed by atoms with Gasteiger partial charge in [0.15, 0.2) is 6.61 Å². The first kappa shape index (κ1) is 19.5. The standard InChI is InChI=1S/C20H19Cl2NO4/c21-17-9-8-14(11-18(17)22)20(25)27-13-19(24)23(12-16-7-4-10-26-16)15-5-2-1-3-6-15/h4-5,7-11H,1-3,6,12-13H2. The van der Waals surface area contributed by atoms with Crippen molar-refractivity contribution in [2.75, 3.05) is 6.61 Å². The topological polar surface area (TPSA) is 59.8 Å². The van der Waals surface area contributed by atoms with E-state index >= 15 is 0 Å². The summed E-state index contributed by atoms with van der Waals surface area (Å²) in [5.41, 5.74) is 1.18. The van der Waals surface area contributed by atoms with Crippen molar-refractivity contribution in [2.45, 2.75) is 32.2 Å². The van der Waals surface area contributed by atoms with Gasteiger partial charge >= 0.3 is 5.97 Å². The average molecular weight is 408 g/mol. The number of allylic oxidation sites excluding steroid dienone is 2. The van der Waals surface area contributed by atoms with Crippen LogP contribution >= 0.6 is 23.2 Å². The number of carbonyl (C=O) groups is 2. The van der Waals surface area contributed by atoms with Crippen LogP contribution in [0, 0.1) is 0 Å². The molecule has 5 nitrogen and oxygen atoms in total. The highest BCUT2D eigenvalue weighted by Gasteiger charge is 2.22. The van der Waals surface area contributed by atoms with Gasteiger partial charge in [0.2, 0.25) is 0 Å². The van der Waals surface area contributed by atoms with Crippen molar-refractivity contribution in [2.24, 2.45) is 0 Å². The molecule has 3 rings (SSSR count). The number of benzene rings is 1. The van der Waals surface area contributed by atoms with Crippen LogP contribution in [0.15, 0.2) is 52.8 Å². The van der Waals surface area contributed by atoms with Gasteiger partial charge in [-0.25, -0.2) is 4.79 Å². The molecule has 0 bridgehead atoms. The minimum Gasteiger partial charge on any atom is -0.467 e. The van der Waals surface area contributed by atoms with Gasteiger partial charge in [-0.15, -0.1) is 0 Å². The summed E-state index contributed by atoms with van der Waals surface area (Å²) in [4.78, 5) is 26.6. The summed E-state index contributed by atoms with van der Waals surface area (Å²) in [5, 5.41) is 0.599. The predicted octanol–water partition coefficient (Wildman–Crippen LogP) is 5.23. The Hall–Kier alpha value is -2.24. The Labute approximate surface area is 167 Å². The van der Waals surface area contributed by atoms with Crippen molar-refractivity contribution in [1.29, 1.82) is 0 Å². The zero-order valence-corrected chi connectivity index (χ0v) is 16.1. The largest absolute Gasteiger partial charge is 0.467 e. The molecule has 1 aromatic heterocycles. The highest BCUT2D eigenvalue weighted by atomic mass is 35.5. The van der Waals surface area contributed by atoms with Crippen LogP contribution in [-0.2, 0) is 16.1 Å². The van der Waals surface area contributed by atoms with E-state index in [1.165, 1.54) is 18.2 Å². The molecule has 0 N–H and O–H groups in total. The number of hydrogen-bond acceptors (Lipinski definition) is 4. The first-order chi connectivity index (χ1) is 13.0. The van der Waals surface area contributed by atoms with Gasteiger partial charge < -0.3 is 14.1 Å². The van der Waals surface area contributed by atoms with Crippen molar-refractivity contribution in [3.8, 4) is 0 Å². The molecule has 1 heterocycles. The molecule has 0 fully saturated rings. The molecule has 7 heteroatoms. The van der Waals surface area contributed by atoms with Gasteiger partial charge in [0.25, 0.3) is 5.91 Å². The number of esters is 1. The van der Waals surface area contributed by atoms with Crippen LogP contribution < -0.4 is 0 Å². The zero-order chi connectivity index (χ0) is 19.2. The Morgan fingerprint density at radius 3 is 2.67 bits per heavy atom. The second-order valence-electron chi connectivity index (χ2n) is 6.21.